The first-order valence-corrected chi connectivity index (χ1v) is 9.41. The lowest BCUT2D eigenvalue weighted by Crippen LogP contribution is -2.21. The number of carbonyl (C=O) groups is 1. The Morgan fingerprint density at radius 1 is 1.00 bits per heavy atom. The predicted octanol–water partition coefficient (Wildman–Crippen LogP) is 5.19. The van der Waals surface area contributed by atoms with Gasteiger partial charge in [0.2, 0.25) is 5.52 Å². The van der Waals surface area contributed by atoms with E-state index in [4.69, 9.17) is 0 Å². The van der Waals surface area contributed by atoms with Gasteiger partial charge in [-0.15, -0.1) is 0 Å². The number of hydrogen-bond acceptors (Lipinski definition) is 2. The molecule has 2 nitrogen and oxygen atoms in total. The summed E-state index contributed by atoms with van der Waals surface area (Å²) in [6.45, 7) is 3.58. The highest BCUT2D eigenvalue weighted by molar-refractivity contribution is 7.87. The van der Waals surface area contributed by atoms with Gasteiger partial charge in [0.25, 0.3) is 0 Å². The highest BCUT2D eigenvalue weighted by atomic mass is 31.2. The lowest BCUT2D eigenvalue weighted by molar-refractivity contribution is -0.137. The van der Waals surface area contributed by atoms with E-state index in [9.17, 15) is 22.5 Å². The Morgan fingerprint density at radius 3 is 2.08 bits per heavy atom. The molecule has 0 saturated heterocycles. The number of alkyl halides is 3. The molecule has 2 aromatic carbocycles. The first-order chi connectivity index (χ1) is 11.2. The third-order valence-electron chi connectivity index (χ3n) is 3.59. The minimum Gasteiger partial charge on any atom is -0.310 e. The van der Waals surface area contributed by atoms with Gasteiger partial charge in [0.1, 0.15) is 0 Å². The molecule has 1 unspecified atom stereocenters. The highest BCUT2D eigenvalue weighted by Crippen LogP contribution is 2.50. The largest absolute Gasteiger partial charge is 0.417 e. The number of hydrogen-bond donors (Lipinski definition) is 0. The van der Waals surface area contributed by atoms with Crippen molar-refractivity contribution in [1.82, 2.24) is 0 Å². The number of benzene rings is 2. The van der Waals surface area contributed by atoms with Gasteiger partial charge in [0, 0.05) is 17.0 Å². The molecule has 0 aliphatic heterocycles. The van der Waals surface area contributed by atoms with E-state index < -0.39 is 30.0 Å². The van der Waals surface area contributed by atoms with E-state index in [0.29, 0.717) is 5.30 Å². The van der Waals surface area contributed by atoms with Crippen LogP contribution in [0.3, 0.4) is 0 Å². The summed E-state index contributed by atoms with van der Waals surface area (Å²) in [7, 11) is -3.68. The molecule has 24 heavy (non-hydrogen) atoms. The molecule has 0 aliphatic carbocycles. The Kier molecular flexibility index (Phi) is 5.34. The number of halogens is 3. The fourth-order valence-electron chi connectivity index (χ4n) is 2.60. The Hall–Kier alpha value is -1.87. The summed E-state index contributed by atoms with van der Waals surface area (Å²) in [5, 5.41) is 0.292. The maximum Gasteiger partial charge on any atom is 0.417 e. The third kappa shape index (κ3) is 3.78. The van der Waals surface area contributed by atoms with E-state index in [1.54, 1.807) is 32.0 Å². The van der Waals surface area contributed by atoms with Gasteiger partial charge in [-0.25, -0.2) is 0 Å². The van der Waals surface area contributed by atoms with Crippen LogP contribution in [0.15, 0.2) is 54.6 Å². The second-order valence-corrected chi connectivity index (χ2v) is 8.77. The molecular formula is C18H18F3O2P. The summed E-state index contributed by atoms with van der Waals surface area (Å²) >= 11 is 0. The molecule has 0 fully saturated rings. The van der Waals surface area contributed by atoms with Crippen LogP contribution >= 0.6 is 7.14 Å². The second kappa shape index (κ2) is 6.94. The van der Waals surface area contributed by atoms with Crippen molar-refractivity contribution in [2.24, 2.45) is 5.92 Å². The van der Waals surface area contributed by atoms with Gasteiger partial charge >= 0.3 is 6.18 Å². The van der Waals surface area contributed by atoms with E-state index in [2.05, 4.69) is 0 Å². The van der Waals surface area contributed by atoms with Crippen molar-refractivity contribution in [3.05, 3.63) is 65.7 Å². The fraction of sp³-hybridized carbons (Fsp3) is 0.278. The van der Waals surface area contributed by atoms with Crippen LogP contribution in [0.25, 0.3) is 0 Å². The predicted molar refractivity (Wildman–Crippen MR) is 89.2 cm³/mol. The van der Waals surface area contributed by atoms with Gasteiger partial charge in [-0.2, -0.15) is 13.2 Å². The number of rotatable bonds is 5. The smallest absolute Gasteiger partial charge is 0.310 e. The van der Waals surface area contributed by atoms with Crippen LogP contribution in [-0.2, 0) is 10.7 Å². The van der Waals surface area contributed by atoms with Crippen LogP contribution in [0.1, 0.15) is 29.8 Å². The van der Waals surface area contributed by atoms with Crippen LogP contribution < -0.4 is 5.30 Å². The summed E-state index contributed by atoms with van der Waals surface area (Å²) in [6.07, 6.45) is -4.65. The molecule has 0 amide bonds. The van der Waals surface area contributed by atoms with Gasteiger partial charge in [-0.3, -0.25) is 4.79 Å². The van der Waals surface area contributed by atoms with Crippen molar-refractivity contribution >= 4 is 18.0 Å². The molecule has 0 radical (unpaired) electrons. The summed E-state index contributed by atoms with van der Waals surface area (Å²) in [5.74, 6) is -0.0990. The molecule has 128 valence electrons. The van der Waals surface area contributed by atoms with Crippen molar-refractivity contribution < 1.29 is 22.5 Å². The molecule has 0 aromatic heterocycles. The first kappa shape index (κ1) is 18.5. The topological polar surface area (TPSA) is 34.1 Å². The van der Waals surface area contributed by atoms with Crippen molar-refractivity contribution in [2.75, 3.05) is 6.16 Å². The van der Waals surface area contributed by atoms with Crippen LogP contribution in [-0.4, -0.2) is 11.7 Å². The fourth-order valence-corrected chi connectivity index (χ4v) is 5.48. The molecule has 0 spiro atoms. The van der Waals surface area contributed by atoms with Gasteiger partial charge in [-0.05, 0) is 12.0 Å². The molecule has 0 aliphatic rings. The minimum atomic E-state index is -4.67. The SMILES string of the molecule is CC(C)CP(=O)(C(=O)c1ccccc1C(F)(F)F)c1ccccc1. The standard InChI is InChI=1S/C18H18F3O2P/c1-13(2)12-24(23,14-8-4-3-5-9-14)17(22)15-10-6-7-11-16(15)18(19,20)21/h3-11,13H,12H2,1-2H3. The van der Waals surface area contributed by atoms with E-state index in [-0.39, 0.29) is 12.1 Å². The highest BCUT2D eigenvalue weighted by Gasteiger charge is 2.41. The van der Waals surface area contributed by atoms with E-state index >= 15 is 0 Å². The molecular weight excluding hydrogens is 336 g/mol. The Labute approximate surface area is 139 Å². The van der Waals surface area contributed by atoms with Crippen LogP contribution in [0.4, 0.5) is 13.2 Å². The Morgan fingerprint density at radius 2 is 1.54 bits per heavy atom. The lowest BCUT2D eigenvalue weighted by Gasteiger charge is -2.21. The van der Waals surface area contributed by atoms with Crippen LogP contribution in [0.5, 0.6) is 0 Å². The van der Waals surface area contributed by atoms with Crippen molar-refractivity contribution in [3.63, 3.8) is 0 Å². The zero-order valence-electron chi connectivity index (χ0n) is 13.4. The van der Waals surface area contributed by atoms with Gasteiger partial charge < -0.3 is 4.57 Å². The maximum atomic E-state index is 13.5. The lowest BCUT2D eigenvalue weighted by atomic mass is 10.1. The maximum absolute atomic E-state index is 13.5. The minimum absolute atomic E-state index is 0.0298. The summed E-state index contributed by atoms with van der Waals surface area (Å²) in [5.41, 5.74) is -2.51. The summed E-state index contributed by atoms with van der Waals surface area (Å²) in [6, 6.07) is 12.6. The van der Waals surface area contributed by atoms with Crippen molar-refractivity contribution in [3.8, 4) is 0 Å². The zero-order chi connectivity index (χ0) is 18.0. The monoisotopic (exact) mass is 354 g/mol. The molecule has 0 heterocycles. The summed E-state index contributed by atoms with van der Waals surface area (Å²) < 4.78 is 53.1. The molecule has 2 rings (SSSR count). The molecule has 0 bridgehead atoms. The van der Waals surface area contributed by atoms with Crippen LogP contribution in [0.2, 0.25) is 0 Å². The van der Waals surface area contributed by atoms with E-state index in [0.717, 1.165) is 12.1 Å². The molecule has 6 heteroatoms. The molecule has 2 aromatic rings. The molecule has 0 N–H and O–H groups in total. The van der Waals surface area contributed by atoms with Crippen molar-refractivity contribution in [2.45, 2.75) is 20.0 Å². The van der Waals surface area contributed by atoms with Gasteiger partial charge in [0.05, 0.1) is 5.56 Å². The van der Waals surface area contributed by atoms with E-state index in [1.165, 1.54) is 24.3 Å². The van der Waals surface area contributed by atoms with Crippen molar-refractivity contribution in [1.29, 1.82) is 0 Å². The summed E-state index contributed by atoms with van der Waals surface area (Å²) in [4.78, 5) is 12.9. The normalized spacial score (nSPS) is 14.4. The average molecular weight is 354 g/mol. The van der Waals surface area contributed by atoms with Gasteiger partial charge in [0.15, 0.2) is 7.14 Å². The van der Waals surface area contributed by atoms with Crippen LogP contribution in [0, 0.1) is 5.92 Å². The zero-order valence-corrected chi connectivity index (χ0v) is 14.3. The third-order valence-corrected chi connectivity index (χ3v) is 6.86. The van der Waals surface area contributed by atoms with Gasteiger partial charge in [-0.1, -0.05) is 62.4 Å². The Bertz CT molecular complexity index is 767. The first-order valence-electron chi connectivity index (χ1n) is 7.52. The molecule has 0 saturated carbocycles. The Balaban J connectivity index is 2.62. The van der Waals surface area contributed by atoms with E-state index in [1.807, 2.05) is 0 Å². The number of carbonyl (C=O) groups excluding carboxylic acids is 1. The quantitative estimate of drug-likeness (QED) is 0.693. The molecule has 1 atom stereocenters. The second-order valence-electron chi connectivity index (χ2n) is 6.00. The average Bonchev–Trinajstić information content (AvgIpc) is 2.53.